The molecule has 1 unspecified atom stereocenters. The van der Waals surface area contributed by atoms with Crippen LogP contribution in [0.2, 0.25) is 0 Å². The minimum atomic E-state index is -0.470. The molecule has 1 aliphatic rings. The van der Waals surface area contributed by atoms with Gasteiger partial charge in [-0.2, -0.15) is 0 Å². The van der Waals surface area contributed by atoms with Crippen LogP contribution in [-0.4, -0.2) is 22.6 Å². The molecule has 0 saturated heterocycles. The van der Waals surface area contributed by atoms with Crippen molar-refractivity contribution in [1.82, 2.24) is 9.55 Å². The molecule has 0 aliphatic heterocycles. The smallest absolute Gasteiger partial charge is 0.360 e. The Bertz CT molecular complexity index is 410. The lowest BCUT2D eigenvalue weighted by molar-refractivity contribution is 0.0596. The molecule has 5 heteroatoms. The Kier molecular flexibility index (Phi) is 3.36. The molecule has 1 aromatic rings. The minimum Gasteiger partial charge on any atom is -0.464 e. The van der Waals surface area contributed by atoms with Gasteiger partial charge in [-0.25, -0.2) is 9.78 Å². The Balaban J connectivity index is 2.18. The van der Waals surface area contributed by atoms with Crippen LogP contribution in [0.4, 0.5) is 5.82 Å². The number of carbonyl (C=O) groups excluding carboxylic acids is 1. The highest BCUT2D eigenvalue weighted by Gasteiger charge is 2.27. The van der Waals surface area contributed by atoms with Gasteiger partial charge < -0.3 is 15.0 Å². The molecule has 2 N–H and O–H groups in total. The molecule has 0 aromatic carbocycles. The first-order valence-electron chi connectivity index (χ1n) is 6.08. The van der Waals surface area contributed by atoms with E-state index in [0.29, 0.717) is 11.9 Å². The second-order valence-corrected chi connectivity index (χ2v) is 4.62. The van der Waals surface area contributed by atoms with Crippen molar-refractivity contribution in [2.45, 2.75) is 38.6 Å². The maximum absolute atomic E-state index is 11.4. The zero-order valence-electron chi connectivity index (χ0n) is 10.3. The monoisotopic (exact) mass is 237 g/mol. The molecular weight excluding hydrogens is 218 g/mol. The van der Waals surface area contributed by atoms with Gasteiger partial charge in [0.25, 0.3) is 0 Å². The van der Waals surface area contributed by atoms with Crippen molar-refractivity contribution in [3.05, 3.63) is 12.0 Å². The van der Waals surface area contributed by atoms with Crippen molar-refractivity contribution in [3.8, 4) is 0 Å². The van der Waals surface area contributed by atoms with Crippen molar-refractivity contribution in [2.24, 2.45) is 5.92 Å². The Labute approximate surface area is 101 Å². The molecule has 1 aromatic heterocycles. The quantitative estimate of drug-likeness (QED) is 0.795. The molecule has 17 heavy (non-hydrogen) atoms. The van der Waals surface area contributed by atoms with Gasteiger partial charge in [-0.15, -0.1) is 0 Å². The molecule has 2 rings (SSSR count). The fourth-order valence-electron chi connectivity index (χ4n) is 2.13. The second-order valence-electron chi connectivity index (χ2n) is 4.62. The van der Waals surface area contributed by atoms with Gasteiger partial charge in [0.15, 0.2) is 5.69 Å². The number of nitrogens with two attached hydrogens (primary N) is 1. The van der Waals surface area contributed by atoms with Crippen LogP contribution in [0, 0.1) is 5.92 Å². The molecule has 1 heterocycles. The van der Waals surface area contributed by atoms with Gasteiger partial charge in [0.05, 0.1) is 13.4 Å². The SMILES string of the molecule is CCC(CC1CC1)n1cnc(C(=O)OC)c1N. The number of nitrogens with zero attached hydrogens (tertiary/aromatic N) is 2. The molecule has 1 saturated carbocycles. The van der Waals surface area contributed by atoms with Gasteiger partial charge in [-0.05, 0) is 18.8 Å². The zero-order chi connectivity index (χ0) is 12.4. The summed E-state index contributed by atoms with van der Waals surface area (Å²) in [6, 6.07) is 0.341. The second kappa shape index (κ2) is 4.77. The van der Waals surface area contributed by atoms with Crippen molar-refractivity contribution in [3.63, 3.8) is 0 Å². The highest BCUT2D eigenvalue weighted by atomic mass is 16.5. The van der Waals surface area contributed by atoms with Crippen molar-refractivity contribution >= 4 is 11.8 Å². The van der Waals surface area contributed by atoms with E-state index in [2.05, 4.69) is 16.6 Å². The third-order valence-corrected chi connectivity index (χ3v) is 3.38. The van der Waals surface area contributed by atoms with Gasteiger partial charge in [-0.1, -0.05) is 19.8 Å². The van der Waals surface area contributed by atoms with E-state index in [9.17, 15) is 4.79 Å². The molecule has 5 nitrogen and oxygen atoms in total. The van der Waals surface area contributed by atoms with Crippen molar-refractivity contribution < 1.29 is 9.53 Å². The first kappa shape index (κ1) is 12.0. The van der Waals surface area contributed by atoms with Crippen LogP contribution < -0.4 is 5.73 Å². The molecule has 1 atom stereocenters. The van der Waals surface area contributed by atoms with E-state index in [1.165, 1.54) is 20.0 Å². The zero-order valence-corrected chi connectivity index (χ0v) is 10.3. The van der Waals surface area contributed by atoms with Gasteiger partial charge in [-0.3, -0.25) is 0 Å². The summed E-state index contributed by atoms with van der Waals surface area (Å²) in [7, 11) is 1.34. The van der Waals surface area contributed by atoms with E-state index < -0.39 is 5.97 Å². The first-order chi connectivity index (χ1) is 8.17. The molecular formula is C12H19N3O2. The van der Waals surface area contributed by atoms with E-state index in [-0.39, 0.29) is 5.69 Å². The van der Waals surface area contributed by atoms with Crippen molar-refractivity contribution in [2.75, 3.05) is 12.8 Å². The fraction of sp³-hybridized carbons (Fsp3) is 0.667. The van der Waals surface area contributed by atoms with E-state index in [0.717, 1.165) is 18.8 Å². The summed E-state index contributed by atoms with van der Waals surface area (Å²) >= 11 is 0. The molecule has 0 spiro atoms. The van der Waals surface area contributed by atoms with Crippen LogP contribution in [0.15, 0.2) is 6.33 Å². The number of methoxy groups -OCH3 is 1. The van der Waals surface area contributed by atoms with E-state index in [1.807, 2.05) is 4.57 Å². The summed E-state index contributed by atoms with van der Waals surface area (Å²) in [5.41, 5.74) is 6.18. The predicted molar refractivity (Wildman–Crippen MR) is 64.6 cm³/mol. The Morgan fingerprint density at radius 3 is 2.94 bits per heavy atom. The number of ether oxygens (including phenoxy) is 1. The standard InChI is InChI=1S/C12H19N3O2/c1-3-9(6-8-4-5-8)15-7-14-10(11(15)13)12(16)17-2/h7-9H,3-6,13H2,1-2H3. The average molecular weight is 237 g/mol. The third kappa shape index (κ3) is 2.43. The number of aromatic nitrogens is 2. The average Bonchev–Trinajstić information content (AvgIpc) is 3.08. The number of esters is 1. The number of nitrogen functional groups attached to an aromatic ring is 1. The molecule has 1 fully saturated rings. The lowest BCUT2D eigenvalue weighted by Crippen LogP contribution is -2.13. The molecule has 0 radical (unpaired) electrons. The number of imidazole rings is 1. The summed E-state index contributed by atoms with van der Waals surface area (Å²) in [6.07, 6.45) is 6.40. The van der Waals surface area contributed by atoms with Crippen LogP contribution in [-0.2, 0) is 4.74 Å². The van der Waals surface area contributed by atoms with E-state index >= 15 is 0 Å². The van der Waals surface area contributed by atoms with Gasteiger partial charge in [0.1, 0.15) is 5.82 Å². The Hall–Kier alpha value is -1.52. The normalized spacial score (nSPS) is 16.8. The third-order valence-electron chi connectivity index (χ3n) is 3.38. The van der Waals surface area contributed by atoms with Crippen LogP contribution in [0.1, 0.15) is 49.1 Å². The van der Waals surface area contributed by atoms with Gasteiger partial charge in [0.2, 0.25) is 0 Å². The molecule has 1 aliphatic carbocycles. The highest BCUT2D eigenvalue weighted by Crippen LogP contribution is 2.38. The summed E-state index contributed by atoms with van der Waals surface area (Å²) in [6.45, 7) is 2.13. The van der Waals surface area contributed by atoms with Crippen LogP contribution in [0.25, 0.3) is 0 Å². The number of hydrogen-bond acceptors (Lipinski definition) is 4. The maximum atomic E-state index is 11.4. The van der Waals surface area contributed by atoms with Gasteiger partial charge >= 0.3 is 5.97 Å². The summed E-state index contributed by atoms with van der Waals surface area (Å²) in [5.74, 6) is 0.773. The summed E-state index contributed by atoms with van der Waals surface area (Å²) in [4.78, 5) is 15.5. The number of hydrogen-bond donors (Lipinski definition) is 1. The molecule has 0 bridgehead atoms. The fourth-order valence-corrected chi connectivity index (χ4v) is 2.13. The maximum Gasteiger partial charge on any atom is 0.360 e. The largest absolute Gasteiger partial charge is 0.464 e. The number of carbonyl (C=O) groups is 1. The lowest BCUT2D eigenvalue weighted by Gasteiger charge is -2.17. The van der Waals surface area contributed by atoms with Gasteiger partial charge in [0, 0.05) is 6.04 Å². The van der Waals surface area contributed by atoms with Crippen LogP contribution in [0.3, 0.4) is 0 Å². The van der Waals surface area contributed by atoms with Crippen LogP contribution in [0.5, 0.6) is 0 Å². The number of anilines is 1. The molecule has 0 amide bonds. The Morgan fingerprint density at radius 1 is 1.71 bits per heavy atom. The summed E-state index contributed by atoms with van der Waals surface area (Å²) < 4.78 is 6.55. The molecule has 94 valence electrons. The van der Waals surface area contributed by atoms with Crippen LogP contribution >= 0.6 is 0 Å². The summed E-state index contributed by atoms with van der Waals surface area (Å²) in [5, 5.41) is 0. The van der Waals surface area contributed by atoms with E-state index in [1.54, 1.807) is 6.33 Å². The topological polar surface area (TPSA) is 70.1 Å². The minimum absolute atomic E-state index is 0.224. The lowest BCUT2D eigenvalue weighted by atomic mass is 10.1. The van der Waals surface area contributed by atoms with E-state index in [4.69, 9.17) is 5.73 Å². The Morgan fingerprint density at radius 2 is 2.41 bits per heavy atom. The highest BCUT2D eigenvalue weighted by molar-refractivity contribution is 5.92. The predicted octanol–water partition coefficient (Wildman–Crippen LogP) is 2.00. The first-order valence-corrected chi connectivity index (χ1v) is 6.08. The van der Waals surface area contributed by atoms with Crippen molar-refractivity contribution in [1.29, 1.82) is 0 Å². The number of rotatable bonds is 5.